The number of rotatable bonds is 6. The third-order valence-electron chi connectivity index (χ3n) is 3.28. The van der Waals surface area contributed by atoms with E-state index in [1.165, 1.54) is 0 Å². The quantitative estimate of drug-likeness (QED) is 0.758. The van der Waals surface area contributed by atoms with Gasteiger partial charge in [0, 0.05) is 10.6 Å². The maximum atomic E-state index is 12.1. The highest BCUT2D eigenvalue weighted by atomic mass is 35.5. The Hall–Kier alpha value is -2.73. The minimum Gasteiger partial charge on any atom is -0.491 e. The fraction of sp³-hybridized carbons (Fsp3) is 0.263. The Kier molecular flexibility index (Phi) is 6.86. The van der Waals surface area contributed by atoms with Gasteiger partial charge < -0.3 is 9.47 Å². The number of hydrazine groups is 1. The van der Waals surface area contributed by atoms with Gasteiger partial charge in [0.1, 0.15) is 11.5 Å². The molecule has 0 fully saturated rings. The number of nitrogens with one attached hydrogen (secondary N) is 2. The highest BCUT2D eigenvalue weighted by Gasteiger charge is 2.16. The summed E-state index contributed by atoms with van der Waals surface area (Å²) in [4.78, 5) is 24.1. The normalized spacial score (nSPS) is 11.6. The summed E-state index contributed by atoms with van der Waals surface area (Å²) in [5, 5.41) is 0.575. The van der Waals surface area contributed by atoms with E-state index in [-0.39, 0.29) is 6.10 Å². The van der Waals surface area contributed by atoms with E-state index < -0.39 is 17.9 Å². The Morgan fingerprint density at radius 2 is 1.38 bits per heavy atom. The molecule has 0 bridgehead atoms. The predicted molar refractivity (Wildman–Crippen MR) is 99.4 cm³/mol. The number of benzene rings is 2. The van der Waals surface area contributed by atoms with Crippen molar-refractivity contribution in [3.63, 3.8) is 0 Å². The van der Waals surface area contributed by atoms with E-state index in [1.807, 2.05) is 13.8 Å². The summed E-state index contributed by atoms with van der Waals surface area (Å²) in [6.45, 7) is 5.42. The van der Waals surface area contributed by atoms with Gasteiger partial charge in [-0.25, -0.2) is 0 Å². The van der Waals surface area contributed by atoms with Gasteiger partial charge in [0.05, 0.1) is 6.10 Å². The molecule has 7 heteroatoms. The zero-order valence-corrected chi connectivity index (χ0v) is 15.5. The SMILES string of the molecule is CC(C)Oc1ccc(C(=O)NNC(=O)C(C)Oc2ccc(Cl)cc2)cc1. The molecule has 2 aromatic carbocycles. The Balaban J connectivity index is 1.83. The largest absolute Gasteiger partial charge is 0.491 e. The Labute approximate surface area is 157 Å². The van der Waals surface area contributed by atoms with Gasteiger partial charge in [-0.3, -0.25) is 20.4 Å². The lowest BCUT2D eigenvalue weighted by Gasteiger charge is -2.15. The maximum Gasteiger partial charge on any atom is 0.279 e. The number of halogens is 1. The van der Waals surface area contributed by atoms with Crippen molar-refractivity contribution in [1.82, 2.24) is 10.9 Å². The molecule has 2 N–H and O–H groups in total. The van der Waals surface area contributed by atoms with Crippen LogP contribution in [0.1, 0.15) is 31.1 Å². The summed E-state index contributed by atoms with van der Waals surface area (Å²) in [7, 11) is 0. The molecule has 0 spiro atoms. The predicted octanol–water partition coefficient (Wildman–Crippen LogP) is 3.36. The lowest BCUT2D eigenvalue weighted by Crippen LogP contribution is -2.47. The second-order valence-electron chi connectivity index (χ2n) is 5.85. The van der Waals surface area contributed by atoms with Crippen LogP contribution >= 0.6 is 11.6 Å². The first-order chi connectivity index (χ1) is 12.3. The molecular formula is C19H21ClN2O4. The first-order valence-corrected chi connectivity index (χ1v) is 8.52. The van der Waals surface area contributed by atoms with Crippen molar-refractivity contribution in [2.75, 3.05) is 0 Å². The molecule has 6 nitrogen and oxygen atoms in total. The lowest BCUT2D eigenvalue weighted by molar-refractivity contribution is -0.128. The summed E-state index contributed by atoms with van der Waals surface area (Å²) < 4.78 is 11.0. The smallest absolute Gasteiger partial charge is 0.279 e. The van der Waals surface area contributed by atoms with Crippen molar-refractivity contribution in [2.45, 2.75) is 33.0 Å². The average Bonchev–Trinajstić information content (AvgIpc) is 2.61. The Morgan fingerprint density at radius 3 is 1.96 bits per heavy atom. The van der Waals surface area contributed by atoms with Crippen molar-refractivity contribution < 1.29 is 19.1 Å². The molecule has 1 atom stereocenters. The zero-order valence-electron chi connectivity index (χ0n) is 14.8. The van der Waals surface area contributed by atoms with Crippen LogP contribution in [0, 0.1) is 0 Å². The van der Waals surface area contributed by atoms with Gasteiger partial charge in [0.15, 0.2) is 6.10 Å². The third-order valence-corrected chi connectivity index (χ3v) is 3.54. The summed E-state index contributed by atoms with van der Waals surface area (Å²) >= 11 is 5.80. The third kappa shape index (κ3) is 5.97. The van der Waals surface area contributed by atoms with Gasteiger partial charge in [-0.15, -0.1) is 0 Å². The molecule has 0 aromatic heterocycles. The van der Waals surface area contributed by atoms with Gasteiger partial charge in [-0.05, 0) is 69.3 Å². The molecule has 0 radical (unpaired) electrons. The first kappa shape index (κ1) is 19.6. The van der Waals surface area contributed by atoms with Gasteiger partial charge in [0.25, 0.3) is 11.8 Å². The molecule has 0 saturated heterocycles. The van der Waals surface area contributed by atoms with Crippen LogP contribution in [0.25, 0.3) is 0 Å². The molecule has 0 heterocycles. The summed E-state index contributed by atoms with van der Waals surface area (Å²) in [6.07, 6.45) is -0.741. The number of amides is 2. The van der Waals surface area contributed by atoms with Gasteiger partial charge in [0.2, 0.25) is 0 Å². The number of hydrogen-bond acceptors (Lipinski definition) is 4. The molecule has 2 aromatic rings. The van der Waals surface area contributed by atoms with E-state index in [0.29, 0.717) is 22.1 Å². The molecule has 1 unspecified atom stereocenters. The maximum absolute atomic E-state index is 12.1. The molecule has 0 aliphatic carbocycles. The summed E-state index contributed by atoms with van der Waals surface area (Å²) in [5.74, 6) is 0.260. The number of carbonyl (C=O) groups is 2. The van der Waals surface area contributed by atoms with E-state index in [1.54, 1.807) is 55.5 Å². The lowest BCUT2D eigenvalue weighted by atomic mass is 10.2. The van der Waals surface area contributed by atoms with E-state index in [9.17, 15) is 9.59 Å². The van der Waals surface area contributed by atoms with Crippen molar-refractivity contribution >= 4 is 23.4 Å². The van der Waals surface area contributed by atoms with Crippen LogP contribution in [0.4, 0.5) is 0 Å². The highest BCUT2D eigenvalue weighted by Crippen LogP contribution is 2.17. The fourth-order valence-electron chi connectivity index (χ4n) is 2.02. The monoisotopic (exact) mass is 376 g/mol. The topological polar surface area (TPSA) is 76.7 Å². The van der Waals surface area contributed by atoms with Crippen LogP contribution in [-0.4, -0.2) is 24.0 Å². The van der Waals surface area contributed by atoms with Gasteiger partial charge in [-0.1, -0.05) is 11.6 Å². The van der Waals surface area contributed by atoms with E-state index >= 15 is 0 Å². The highest BCUT2D eigenvalue weighted by molar-refractivity contribution is 6.30. The van der Waals surface area contributed by atoms with E-state index in [0.717, 1.165) is 0 Å². The van der Waals surface area contributed by atoms with E-state index in [2.05, 4.69) is 10.9 Å². The number of ether oxygens (including phenoxy) is 2. The van der Waals surface area contributed by atoms with Crippen molar-refractivity contribution in [3.8, 4) is 11.5 Å². The molecule has 0 aliphatic heterocycles. The van der Waals surface area contributed by atoms with Crippen molar-refractivity contribution in [3.05, 3.63) is 59.1 Å². The van der Waals surface area contributed by atoms with E-state index in [4.69, 9.17) is 21.1 Å². The second-order valence-corrected chi connectivity index (χ2v) is 6.28. The zero-order chi connectivity index (χ0) is 19.1. The van der Waals surface area contributed by atoms with Crippen LogP contribution in [0.3, 0.4) is 0 Å². The summed E-state index contributed by atoms with van der Waals surface area (Å²) in [6, 6.07) is 13.3. The van der Waals surface area contributed by atoms with Crippen molar-refractivity contribution in [2.24, 2.45) is 0 Å². The molecule has 0 aliphatic rings. The minimum atomic E-state index is -0.793. The van der Waals surface area contributed by atoms with Crippen LogP contribution in [0.5, 0.6) is 11.5 Å². The molecule has 2 rings (SSSR count). The van der Waals surface area contributed by atoms with Crippen molar-refractivity contribution in [1.29, 1.82) is 0 Å². The standard InChI is InChI=1S/C19H21ClN2O4/c1-12(2)25-16-8-4-14(5-9-16)19(24)22-21-18(23)13(3)26-17-10-6-15(20)7-11-17/h4-13H,1-3H3,(H,21,23)(H,22,24). The molecule has 0 saturated carbocycles. The molecule has 2 amide bonds. The van der Waals surface area contributed by atoms with Crippen LogP contribution < -0.4 is 20.3 Å². The molecule has 26 heavy (non-hydrogen) atoms. The van der Waals surface area contributed by atoms with Gasteiger partial charge in [-0.2, -0.15) is 0 Å². The Bertz CT molecular complexity index is 745. The summed E-state index contributed by atoms with van der Waals surface area (Å²) in [5.41, 5.74) is 5.09. The minimum absolute atomic E-state index is 0.0519. The first-order valence-electron chi connectivity index (χ1n) is 8.14. The van der Waals surface area contributed by atoms with Crippen LogP contribution in [0.2, 0.25) is 5.02 Å². The van der Waals surface area contributed by atoms with Crippen LogP contribution in [0.15, 0.2) is 48.5 Å². The Morgan fingerprint density at radius 1 is 0.846 bits per heavy atom. The van der Waals surface area contributed by atoms with Crippen LogP contribution in [-0.2, 0) is 4.79 Å². The fourth-order valence-corrected chi connectivity index (χ4v) is 2.15. The number of carbonyl (C=O) groups excluding carboxylic acids is 2. The molecule has 138 valence electrons. The molecular weight excluding hydrogens is 356 g/mol. The second kappa shape index (κ2) is 9.10. The van der Waals surface area contributed by atoms with Gasteiger partial charge >= 0.3 is 0 Å². The average molecular weight is 377 g/mol. The number of hydrogen-bond donors (Lipinski definition) is 2.